The number of benzene rings is 1. The number of likely N-dealkylation sites (tertiary alicyclic amines) is 1. The summed E-state index contributed by atoms with van der Waals surface area (Å²) in [4.78, 5) is 85.2. The van der Waals surface area contributed by atoms with E-state index in [4.69, 9.17) is 14.5 Å². The van der Waals surface area contributed by atoms with Gasteiger partial charge in [-0.25, -0.2) is 19.0 Å². The predicted molar refractivity (Wildman–Crippen MR) is 292 cm³/mol. The molecule has 76 heavy (non-hydrogen) atoms. The second kappa shape index (κ2) is 23.2. The molecule has 1 spiro atoms. The second-order valence-electron chi connectivity index (χ2n) is 23.0. The molecule has 2 aromatic heterocycles. The van der Waals surface area contributed by atoms with Crippen molar-refractivity contribution in [2.24, 2.45) is 11.3 Å². The minimum absolute atomic E-state index is 0.124. The Morgan fingerprint density at radius 1 is 1.05 bits per heavy atom. The number of amides is 5. The molecule has 7 heterocycles. The van der Waals surface area contributed by atoms with Gasteiger partial charge in [-0.3, -0.25) is 39.0 Å². The van der Waals surface area contributed by atoms with Crippen LogP contribution in [-0.4, -0.2) is 194 Å². The van der Waals surface area contributed by atoms with Crippen molar-refractivity contribution >= 4 is 56.4 Å². The fourth-order valence-electron chi connectivity index (χ4n) is 12.5. The third-order valence-electron chi connectivity index (χ3n) is 16.5. The summed E-state index contributed by atoms with van der Waals surface area (Å²) in [6, 6.07) is 8.51. The number of rotatable bonds is 11. The van der Waals surface area contributed by atoms with Crippen molar-refractivity contribution in [1.82, 2.24) is 49.8 Å². The molecule has 1 unspecified atom stereocenters. The molecule has 414 valence electrons. The molecule has 6 bridgehead atoms. The lowest BCUT2D eigenvalue weighted by Crippen LogP contribution is -2.71. The third-order valence-corrected chi connectivity index (χ3v) is 17.5. The molecule has 3 aromatic rings. The minimum Gasteiger partial charge on any atom is -0.464 e. The zero-order valence-corrected chi connectivity index (χ0v) is 48.1. The highest BCUT2D eigenvalue weighted by molar-refractivity contribution is 6.30. The first-order chi connectivity index (χ1) is 36.1. The highest BCUT2D eigenvalue weighted by atomic mass is 28.1. The number of nitrogens with one attached hydrogen (secondary N) is 2. The lowest BCUT2D eigenvalue weighted by molar-refractivity contribution is -0.156. The van der Waals surface area contributed by atoms with Crippen LogP contribution in [0.1, 0.15) is 96.6 Å². The smallest absolute Gasteiger partial charge is 0.324 e. The van der Waals surface area contributed by atoms with Crippen LogP contribution in [0.15, 0.2) is 55.3 Å². The summed E-state index contributed by atoms with van der Waals surface area (Å²) >= 11 is 0. The number of nitrogens with zero attached hydrogens (tertiary/aromatic N) is 8. The monoisotopic (exact) mass is 1070 g/mol. The van der Waals surface area contributed by atoms with E-state index in [0.717, 1.165) is 44.6 Å². The molecule has 5 amide bonds. The number of carbonyl (C=O) groups excluding carboxylic acids is 5. The summed E-state index contributed by atoms with van der Waals surface area (Å²) in [5.74, 6) is -1.93. The molecule has 5 aliphatic rings. The molecule has 5 atom stereocenters. The molecule has 5 aliphatic heterocycles. The number of fused-ring (bicyclic) bond motifs is 6. The number of methoxy groups -OCH3 is 1. The summed E-state index contributed by atoms with van der Waals surface area (Å²) in [5, 5.41) is 4.40. The number of carbonyl (C=O) groups is 5. The number of aromatic nitrogens is 2. The molecular weight excluding hydrogens is 991 g/mol. The largest absolute Gasteiger partial charge is 0.464 e. The molecular formula is C56H80F2N10O7Si. The maximum Gasteiger partial charge on any atom is 0.324 e. The van der Waals surface area contributed by atoms with Gasteiger partial charge in [0.25, 0.3) is 12.3 Å². The van der Waals surface area contributed by atoms with Crippen LogP contribution in [0.3, 0.4) is 0 Å². The third kappa shape index (κ3) is 11.7. The summed E-state index contributed by atoms with van der Waals surface area (Å²) in [6.45, 7) is 19.1. The van der Waals surface area contributed by atoms with E-state index in [2.05, 4.69) is 77.9 Å². The molecule has 3 fully saturated rings. The molecule has 20 heteroatoms. The highest BCUT2D eigenvalue weighted by Crippen LogP contribution is 2.42. The molecule has 3 saturated heterocycles. The predicted octanol–water partition coefficient (Wildman–Crippen LogP) is 4.83. The summed E-state index contributed by atoms with van der Waals surface area (Å²) in [7, 11) is 3.45. The summed E-state index contributed by atoms with van der Waals surface area (Å²) < 4.78 is 42.2. The number of hydrogen-bond acceptors (Lipinski definition) is 11. The van der Waals surface area contributed by atoms with Crippen LogP contribution in [0.5, 0.6) is 0 Å². The SMILES string of the molecule is C=CC(=O)N1CCN(CC(F)F)C2(CCN(C(=O)N(C)[C@H](C(=O)N[C@@]3([SiH3])CN4CCC=C(C4)c4ccc5c(c4)c(c(-c4cccnc4[C@H](C)OC)n5CC)CC(C)(C)COC(=O)[C@@H]4CCCN(N4)C3=O)C(C)C)CC2)C1. The molecule has 0 aliphatic carbocycles. The Balaban J connectivity index is 1.10. The van der Waals surface area contributed by atoms with E-state index in [1.807, 2.05) is 26.8 Å². The lowest BCUT2D eigenvalue weighted by atomic mass is 9.83. The number of pyridine rings is 1. The van der Waals surface area contributed by atoms with Crippen LogP contribution in [-0.2, 0) is 41.6 Å². The first kappa shape index (κ1) is 56.7. The van der Waals surface area contributed by atoms with E-state index in [1.165, 1.54) is 16.0 Å². The molecule has 1 aromatic carbocycles. The molecule has 2 N–H and O–H groups in total. The van der Waals surface area contributed by atoms with Crippen molar-refractivity contribution in [3.8, 4) is 11.3 Å². The maximum atomic E-state index is 15.3. The normalized spacial score (nSPS) is 24.3. The van der Waals surface area contributed by atoms with Crippen molar-refractivity contribution in [3.63, 3.8) is 0 Å². The Bertz CT molecular complexity index is 2710. The second-order valence-corrected chi connectivity index (χ2v) is 24.7. The number of hydrogen-bond donors (Lipinski definition) is 2. The molecule has 8 rings (SSSR count). The van der Waals surface area contributed by atoms with Crippen molar-refractivity contribution < 1.29 is 42.2 Å². The van der Waals surface area contributed by atoms with Gasteiger partial charge in [0.2, 0.25) is 11.8 Å². The van der Waals surface area contributed by atoms with Crippen LogP contribution in [0.2, 0.25) is 0 Å². The number of hydrazine groups is 1. The lowest BCUT2D eigenvalue weighted by Gasteiger charge is -2.54. The highest BCUT2D eigenvalue weighted by Gasteiger charge is 2.48. The Hall–Kier alpha value is -5.54. The number of urea groups is 1. The van der Waals surface area contributed by atoms with Gasteiger partial charge in [-0.1, -0.05) is 46.4 Å². The van der Waals surface area contributed by atoms with Gasteiger partial charge in [-0.05, 0) is 105 Å². The number of piperidine rings is 1. The van der Waals surface area contributed by atoms with E-state index in [0.29, 0.717) is 71.2 Å². The van der Waals surface area contributed by atoms with Gasteiger partial charge in [-0.2, -0.15) is 0 Å². The number of halogens is 2. The van der Waals surface area contributed by atoms with Crippen LogP contribution in [0, 0.1) is 11.3 Å². The first-order valence-corrected chi connectivity index (χ1v) is 28.2. The number of piperazine rings is 1. The summed E-state index contributed by atoms with van der Waals surface area (Å²) in [6.07, 6.45) is 5.48. The van der Waals surface area contributed by atoms with Crippen molar-refractivity contribution in [1.29, 1.82) is 0 Å². The van der Waals surface area contributed by atoms with Gasteiger partial charge in [0.15, 0.2) is 0 Å². The van der Waals surface area contributed by atoms with E-state index in [-0.39, 0.29) is 73.4 Å². The first-order valence-electron chi connectivity index (χ1n) is 27.2. The number of alkyl halides is 2. The van der Waals surface area contributed by atoms with E-state index in [9.17, 15) is 23.2 Å². The zero-order chi connectivity index (χ0) is 54.9. The molecule has 0 saturated carbocycles. The number of likely N-dealkylation sites (N-methyl/N-ethyl adjacent to an activating group) is 1. The van der Waals surface area contributed by atoms with E-state index < -0.39 is 59.1 Å². The number of ether oxygens (including phenoxy) is 2. The van der Waals surface area contributed by atoms with Crippen LogP contribution < -0.4 is 10.7 Å². The van der Waals surface area contributed by atoms with Crippen molar-refractivity contribution in [2.75, 3.05) is 86.2 Å². The Morgan fingerprint density at radius 2 is 1.80 bits per heavy atom. The van der Waals surface area contributed by atoms with Gasteiger partial charge in [0.1, 0.15) is 17.2 Å². The Morgan fingerprint density at radius 3 is 2.49 bits per heavy atom. The quantitative estimate of drug-likeness (QED) is 0.154. The van der Waals surface area contributed by atoms with Gasteiger partial charge in [-0.15, -0.1) is 0 Å². The molecule has 17 nitrogen and oxygen atoms in total. The summed E-state index contributed by atoms with van der Waals surface area (Å²) in [5.41, 5.74) is 9.19. The van der Waals surface area contributed by atoms with Gasteiger partial charge >= 0.3 is 12.0 Å². The minimum atomic E-state index is -2.56. The van der Waals surface area contributed by atoms with Crippen molar-refractivity contribution in [3.05, 3.63) is 72.1 Å². The maximum absolute atomic E-state index is 15.3. The van der Waals surface area contributed by atoms with Crippen molar-refractivity contribution in [2.45, 2.75) is 122 Å². The number of cyclic esters (lactones) is 1. The number of esters is 1. The standard InChI is InChI=1S/C56H80F2N10O7Si/c1-10-46(69)65-27-28-66(32-45(57)58)55(33-65)20-25-64(26-21-55)53(73)62(8)48(36(3)4)50(70)60-56(76)34-63-23-13-15-39(31-63)38-18-19-44-41(29-38)42(49(67(44)11-2)40-16-12-22-59-47(40)37(5)74-9)30-54(6,7)35-75-51(71)43-17-14-24-68(61-43)52(56)72/h10,12,15-16,18-19,22,29,36-37,43,45,48,61H,1,11,13-14,17,20-21,23-28,30-35H2,2-9,76H3,(H,60,70)/t37-,43-,48-,56+/m0/s1. The Kier molecular flexibility index (Phi) is 17.3. The van der Waals surface area contributed by atoms with E-state index >= 15 is 9.59 Å². The van der Waals surface area contributed by atoms with E-state index in [1.54, 1.807) is 35.1 Å². The van der Waals surface area contributed by atoms with Gasteiger partial charge in [0.05, 0.1) is 30.6 Å². The zero-order valence-electron chi connectivity index (χ0n) is 46.1. The van der Waals surface area contributed by atoms with Gasteiger partial charge in [0, 0.05) is 123 Å². The van der Waals surface area contributed by atoms with Gasteiger partial charge < -0.3 is 34.1 Å². The average Bonchev–Trinajstić information content (AvgIpc) is 3.70. The fourth-order valence-corrected chi connectivity index (χ4v) is 13.5. The Labute approximate surface area is 449 Å². The molecule has 0 radical (unpaired) electrons. The topological polar surface area (TPSA) is 165 Å². The van der Waals surface area contributed by atoms with Crippen LogP contribution in [0.4, 0.5) is 13.6 Å². The van der Waals surface area contributed by atoms with Crippen LogP contribution in [0.25, 0.3) is 27.7 Å². The fraction of sp³-hybridized carbons (Fsp3) is 0.607. The van der Waals surface area contributed by atoms with Crippen LogP contribution >= 0.6 is 0 Å². The number of aryl methyl sites for hydroxylation is 1. The average molecular weight is 1070 g/mol.